The highest BCUT2D eigenvalue weighted by Gasteiger charge is 2.34. The Labute approximate surface area is 153 Å². The number of nitrogens with zero attached hydrogens (tertiary/aromatic N) is 3. The van der Waals surface area contributed by atoms with Crippen LogP contribution in [0.5, 0.6) is 0 Å². The van der Waals surface area contributed by atoms with Gasteiger partial charge in [-0.3, -0.25) is 4.79 Å². The number of amides is 1. The van der Waals surface area contributed by atoms with E-state index in [0.29, 0.717) is 23.6 Å². The second-order valence-electron chi connectivity index (χ2n) is 6.11. The van der Waals surface area contributed by atoms with Crippen molar-refractivity contribution in [2.24, 2.45) is 0 Å². The molecule has 0 spiro atoms. The maximum Gasteiger partial charge on any atom is 0.270 e. The van der Waals surface area contributed by atoms with Crippen LogP contribution >= 0.6 is 24.8 Å². The zero-order chi connectivity index (χ0) is 14.9. The van der Waals surface area contributed by atoms with Crippen LogP contribution in [0.2, 0.25) is 0 Å². The van der Waals surface area contributed by atoms with Crippen molar-refractivity contribution in [3.05, 3.63) is 42.4 Å². The lowest BCUT2D eigenvalue weighted by molar-refractivity contribution is 0.0919. The van der Waals surface area contributed by atoms with Crippen LogP contribution in [-0.2, 0) is 0 Å². The lowest BCUT2D eigenvalue weighted by Crippen LogP contribution is -2.48. The van der Waals surface area contributed by atoms with Crippen molar-refractivity contribution < 1.29 is 4.79 Å². The standard InChI is InChI=1S/C16H19N5O.2ClH/c22-16(19-13-9-11-5-6-12(10-13)18-11)14-3-1-4-15(20-14)21-8-2-7-17-21;;/h1-4,7-8,11-13,18H,5-6,9-10H2,(H,19,22);2*1H. The Morgan fingerprint density at radius 1 is 1.17 bits per heavy atom. The van der Waals surface area contributed by atoms with Gasteiger partial charge in [0.05, 0.1) is 0 Å². The van der Waals surface area contributed by atoms with Crippen LogP contribution in [0.25, 0.3) is 5.82 Å². The molecule has 0 aliphatic carbocycles. The van der Waals surface area contributed by atoms with E-state index in [2.05, 4.69) is 20.7 Å². The van der Waals surface area contributed by atoms with Crippen molar-refractivity contribution in [2.45, 2.75) is 43.8 Å². The Morgan fingerprint density at radius 2 is 1.92 bits per heavy atom. The normalized spacial score (nSPS) is 24.6. The van der Waals surface area contributed by atoms with Crippen molar-refractivity contribution in [3.63, 3.8) is 0 Å². The van der Waals surface area contributed by atoms with Crippen molar-refractivity contribution in [3.8, 4) is 5.82 Å². The number of pyridine rings is 1. The van der Waals surface area contributed by atoms with Gasteiger partial charge in [-0.25, -0.2) is 9.67 Å². The molecule has 2 saturated heterocycles. The summed E-state index contributed by atoms with van der Waals surface area (Å²) in [7, 11) is 0. The molecule has 2 aromatic heterocycles. The van der Waals surface area contributed by atoms with Crippen molar-refractivity contribution in [1.82, 2.24) is 25.4 Å². The highest BCUT2D eigenvalue weighted by atomic mass is 35.5. The van der Waals surface area contributed by atoms with Gasteiger partial charge in [-0.15, -0.1) is 24.8 Å². The summed E-state index contributed by atoms with van der Waals surface area (Å²) in [5.74, 6) is 0.559. The molecule has 2 bridgehead atoms. The lowest BCUT2D eigenvalue weighted by atomic mass is 10.00. The van der Waals surface area contributed by atoms with Crippen molar-refractivity contribution in [1.29, 1.82) is 0 Å². The molecule has 4 heterocycles. The van der Waals surface area contributed by atoms with Crippen LogP contribution in [0.4, 0.5) is 0 Å². The molecule has 2 unspecified atom stereocenters. The fourth-order valence-corrected chi connectivity index (χ4v) is 3.52. The number of piperidine rings is 1. The third kappa shape index (κ3) is 3.88. The molecule has 24 heavy (non-hydrogen) atoms. The highest BCUT2D eigenvalue weighted by molar-refractivity contribution is 5.92. The fourth-order valence-electron chi connectivity index (χ4n) is 3.52. The Hall–Kier alpha value is -1.63. The number of hydrogen-bond donors (Lipinski definition) is 2. The van der Waals surface area contributed by atoms with E-state index < -0.39 is 0 Å². The smallest absolute Gasteiger partial charge is 0.270 e. The molecule has 2 N–H and O–H groups in total. The zero-order valence-electron chi connectivity index (χ0n) is 13.1. The molecule has 1 amide bonds. The Bertz CT molecular complexity index is 667. The van der Waals surface area contributed by atoms with Gasteiger partial charge in [0.25, 0.3) is 5.91 Å². The van der Waals surface area contributed by atoms with Crippen LogP contribution in [-0.4, -0.2) is 38.8 Å². The van der Waals surface area contributed by atoms with Crippen molar-refractivity contribution in [2.75, 3.05) is 0 Å². The molecule has 2 aliphatic rings. The molecule has 2 aliphatic heterocycles. The number of carbonyl (C=O) groups is 1. The summed E-state index contributed by atoms with van der Waals surface area (Å²) in [5, 5.41) is 10.9. The largest absolute Gasteiger partial charge is 0.348 e. The van der Waals surface area contributed by atoms with Crippen LogP contribution in [0, 0.1) is 0 Å². The van der Waals surface area contributed by atoms with Gasteiger partial charge < -0.3 is 10.6 Å². The summed E-state index contributed by atoms with van der Waals surface area (Å²) in [6.07, 6.45) is 7.99. The SMILES string of the molecule is Cl.Cl.O=C(NC1CC2CCC(C1)N2)c1cccc(-n2cccn2)n1. The molecule has 0 saturated carbocycles. The van der Waals surface area contributed by atoms with Gasteiger partial charge in [-0.2, -0.15) is 5.10 Å². The summed E-state index contributed by atoms with van der Waals surface area (Å²) < 4.78 is 1.65. The quantitative estimate of drug-likeness (QED) is 0.868. The maximum atomic E-state index is 12.4. The molecule has 4 rings (SSSR count). The van der Waals surface area contributed by atoms with Crippen molar-refractivity contribution >= 4 is 30.7 Å². The number of rotatable bonds is 3. The minimum Gasteiger partial charge on any atom is -0.348 e. The molecule has 8 heteroatoms. The molecule has 6 nitrogen and oxygen atoms in total. The first-order valence-corrected chi connectivity index (χ1v) is 7.82. The van der Waals surface area contributed by atoms with Gasteiger partial charge in [0.1, 0.15) is 5.69 Å². The minimum atomic E-state index is -0.0969. The van der Waals surface area contributed by atoms with Crippen LogP contribution < -0.4 is 10.6 Å². The van der Waals surface area contributed by atoms with Gasteiger partial charge in [0.15, 0.2) is 5.82 Å². The third-order valence-electron chi connectivity index (χ3n) is 4.51. The van der Waals surface area contributed by atoms with E-state index in [1.807, 2.05) is 24.4 Å². The number of fused-ring (bicyclic) bond motifs is 2. The Balaban J connectivity index is 0.00000104. The first-order valence-electron chi connectivity index (χ1n) is 7.82. The molecular weight excluding hydrogens is 349 g/mol. The van der Waals surface area contributed by atoms with Crippen LogP contribution in [0.3, 0.4) is 0 Å². The average molecular weight is 370 g/mol. The summed E-state index contributed by atoms with van der Waals surface area (Å²) in [4.78, 5) is 16.9. The van der Waals surface area contributed by atoms with E-state index in [0.717, 1.165) is 12.8 Å². The predicted molar refractivity (Wildman–Crippen MR) is 96.3 cm³/mol. The predicted octanol–water partition coefficient (Wildman–Crippen LogP) is 2.12. The minimum absolute atomic E-state index is 0. The molecule has 2 atom stereocenters. The Kier molecular flexibility index (Phi) is 6.21. The van der Waals surface area contributed by atoms with E-state index >= 15 is 0 Å². The van der Waals surface area contributed by atoms with Gasteiger partial charge in [0, 0.05) is 30.5 Å². The van der Waals surface area contributed by atoms with Gasteiger partial charge in [0.2, 0.25) is 0 Å². The molecule has 130 valence electrons. The topological polar surface area (TPSA) is 71.8 Å². The maximum absolute atomic E-state index is 12.4. The zero-order valence-corrected chi connectivity index (χ0v) is 14.7. The summed E-state index contributed by atoms with van der Waals surface area (Å²) >= 11 is 0. The molecule has 2 aromatic rings. The van der Waals surface area contributed by atoms with Gasteiger partial charge >= 0.3 is 0 Å². The average Bonchev–Trinajstić information content (AvgIpc) is 3.17. The molecule has 0 radical (unpaired) electrons. The van der Waals surface area contributed by atoms with E-state index in [1.165, 1.54) is 12.8 Å². The number of carbonyl (C=O) groups excluding carboxylic acids is 1. The number of hydrogen-bond acceptors (Lipinski definition) is 4. The van der Waals surface area contributed by atoms with Crippen LogP contribution in [0.1, 0.15) is 36.2 Å². The highest BCUT2D eigenvalue weighted by Crippen LogP contribution is 2.26. The first kappa shape index (κ1) is 18.7. The number of halogens is 2. The summed E-state index contributed by atoms with van der Waals surface area (Å²) in [6.45, 7) is 0. The monoisotopic (exact) mass is 369 g/mol. The summed E-state index contributed by atoms with van der Waals surface area (Å²) in [5.41, 5.74) is 0.443. The fraction of sp³-hybridized carbons (Fsp3) is 0.438. The second-order valence-corrected chi connectivity index (χ2v) is 6.11. The first-order chi connectivity index (χ1) is 10.8. The van der Waals surface area contributed by atoms with Gasteiger partial charge in [-0.05, 0) is 43.9 Å². The summed E-state index contributed by atoms with van der Waals surface area (Å²) in [6, 6.07) is 8.64. The van der Waals surface area contributed by atoms with E-state index in [4.69, 9.17) is 0 Å². The molecule has 2 fully saturated rings. The lowest BCUT2D eigenvalue weighted by Gasteiger charge is -2.29. The van der Waals surface area contributed by atoms with E-state index in [-0.39, 0.29) is 36.8 Å². The Morgan fingerprint density at radius 3 is 2.58 bits per heavy atom. The molecule has 0 aromatic carbocycles. The van der Waals surface area contributed by atoms with E-state index in [9.17, 15) is 4.79 Å². The number of nitrogens with one attached hydrogen (secondary N) is 2. The molecular formula is C16H21Cl2N5O. The third-order valence-corrected chi connectivity index (χ3v) is 4.51. The van der Waals surface area contributed by atoms with E-state index in [1.54, 1.807) is 16.9 Å². The number of aromatic nitrogens is 3. The second kappa shape index (κ2) is 7.96. The van der Waals surface area contributed by atoms with Crippen LogP contribution in [0.15, 0.2) is 36.7 Å². The van der Waals surface area contributed by atoms with Gasteiger partial charge in [-0.1, -0.05) is 6.07 Å².